The minimum atomic E-state index is -0.265. The quantitative estimate of drug-likeness (QED) is 0.785. The van der Waals surface area contributed by atoms with Gasteiger partial charge in [0.15, 0.2) is 5.82 Å². The lowest BCUT2D eigenvalue weighted by Crippen LogP contribution is -2.00. The number of hydrogen-bond donors (Lipinski definition) is 0. The van der Waals surface area contributed by atoms with Crippen molar-refractivity contribution in [2.24, 2.45) is 0 Å². The number of hydrogen-bond acceptors (Lipinski definition) is 2. The second-order valence-electron chi connectivity index (χ2n) is 4.97. The molecule has 0 radical (unpaired) electrons. The van der Waals surface area contributed by atoms with E-state index in [2.05, 4.69) is 9.97 Å². The summed E-state index contributed by atoms with van der Waals surface area (Å²) in [6, 6.07) is 4.69. The molecule has 1 aromatic heterocycles. The molecule has 1 fully saturated rings. The highest BCUT2D eigenvalue weighted by atomic mass is 35.5. The topological polar surface area (TPSA) is 25.8 Å². The first kappa shape index (κ1) is 12.5. The fourth-order valence-electron chi connectivity index (χ4n) is 2.20. The molecule has 1 saturated carbocycles. The first-order valence-corrected chi connectivity index (χ1v) is 6.91. The molecule has 2 aromatic rings. The average Bonchev–Trinajstić information content (AvgIpc) is 3.25. The molecule has 1 aromatic carbocycles. The van der Waals surface area contributed by atoms with Gasteiger partial charge in [-0.3, -0.25) is 0 Å². The summed E-state index contributed by atoms with van der Waals surface area (Å²) in [4.78, 5) is 8.95. The van der Waals surface area contributed by atoms with Crippen LogP contribution in [-0.2, 0) is 5.88 Å². The van der Waals surface area contributed by atoms with Crippen LogP contribution in [0.4, 0.5) is 4.39 Å². The fraction of sp³-hybridized carbons (Fsp3) is 0.333. The van der Waals surface area contributed by atoms with Crippen LogP contribution in [0.5, 0.6) is 0 Å². The van der Waals surface area contributed by atoms with E-state index in [0.717, 1.165) is 35.2 Å². The van der Waals surface area contributed by atoms with E-state index in [1.807, 2.05) is 6.92 Å². The standard InChI is InChI=1S/C15H14ClFN2/c1-9-2-5-12(17)6-13(9)15-18-8-11(7-16)14(19-15)10-3-4-10/h2,5-6,8,10H,3-4,7H2,1H3. The number of alkyl halides is 1. The summed E-state index contributed by atoms with van der Waals surface area (Å²) in [6.07, 6.45) is 4.08. The van der Waals surface area contributed by atoms with Gasteiger partial charge in [-0.15, -0.1) is 11.6 Å². The smallest absolute Gasteiger partial charge is 0.159 e. The molecule has 0 bridgehead atoms. The third-order valence-electron chi connectivity index (χ3n) is 3.45. The van der Waals surface area contributed by atoms with Gasteiger partial charge >= 0.3 is 0 Å². The number of aromatic nitrogens is 2. The van der Waals surface area contributed by atoms with E-state index in [1.165, 1.54) is 12.1 Å². The largest absolute Gasteiger partial charge is 0.236 e. The molecule has 1 aliphatic rings. The second kappa shape index (κ2) is 4.89. The van der Waals surface area contributed by atoms with Crippen molar-refractivity contribution in [3.63, 3.8) is 0 Å². The zero-order valence-corrected chi connectivity index (χ0v) is 11.4. The van der Waals surface area contributed by atoms with Gasteiger partial charge in [-0.05, 0) is 37.5 Å². The molecular formula is C15H14ClFN2. The maximum Gasteiger partial charge on any atom is 0.159 e. The molecule has 0 aliphatic heterocycles. The van der Waals surface area contributed by atoms with E-state index in [1.54, 1.807) is 12.3 Å². The highest BCUT2D eigenvalue weighted by Gasteiger charge is 2.28. The predicted octanol–water partition coefficient (Wildman–Crippen LogP) is 4.21. The maximum atomic E-state index is 13.4. The minimum absolute atomic E-state index is 0.265. The number of aryl methyl sites for hydroxylation is 1. The molecule has 0 unspecified atom stereocenters. The lowest BCUT2D eigenvalue weighted by atomic mass is 10.1. The lowest BCUT2D eigenvalue weighted by molar-refractivity contribution is 0.627. The number of nitrogens with zero attached hydrogens (tertiary/aromatic N) is 2. The molecule has 3 rings (SSSR count). The number of benzene rings is 1. The Hall–Kier alpha value is -1.48. The summed E-state index contributed by atoms with van der Waals surface area (Å²) in [5.74, 6) is 1.25. The summed E-state index contributed by atoms with van der Waals surface area (Å²) in [5.41, 5.74) is 3.75. The van der Waals surface area contributed by atoms with Crippen LogP contribution in [0.1, 0.15) is 35.6 Å². The van der Waals surface area contributed by atoms with Crippen molar-refractivity contribution in [1.29, 1.82) is 0 Å². The highest BCUT2D eigenvalue weighted by Crippen LogP contribution is 2.41. The van der Waals surface area contributed by atoms with Crippen LogP contribution < -0.4 is 0 Å². The zero-order valence-electron chi connectivity index (χ0n) is 10.7. The first-order valence-electron chi connectivity index (χ1n) is 6.37. The minimum Gasteiger partial charge on any atom is -0.236 e. The van der Waals surface area contributed by atoms with Gasteiger partial charge in [0.25, 0.3) is 0 Å². The van der Waals surface area contributed by atoms with Crippen LogP contribution in [-0.4, -0.2) is 9.97 Å². The summed E-state index contributed by atoms with van der Waals surface area (Å²) in [5, 5.41) is 0. The van der Waals surface area contributed by atoms with Crippen molar-refractivity contribution in [2.45, 2.75) is 31.6 Å². The Kier molecular flexibility index (Phi) is 3.23. The molecule has 1 heterocycles. The number of rotatable bonds is 3. The van der Waals surface area contributed by atoms with Crippen molar-refractivity contribution in [1.82, 2.24) is 9.97 Å². The Morgan fingerprint density at radius 1 is 1.37 bits per heavy atom. The van der Waals surface area contributed by atoms with Crippen LogP contribution in [0, 0.1) is 12.7 Å². The Morgan fingerprint density at radius 3 is 2.84 bits per heavy atom. The molecule has 0 spiro atoms. The molecule has 0 amide bonds. The molecule has 0 N–H and O–H groups in total. The van der Waals surface area contributed by atoms with E-state index in [0.29, 0.717) is 17.6 Å². The van der Waals surface area contributed by atoms with Crippen molar-refractivity contribution in [2.75, 3.05) is 0 Å². The molecule has 0 saturated heterocycles. The van der Waals surface area contributed by atoms with Gasteiger partial charge in [-0.2, -0.15) is 0 Å². The van der Waals surface area contributed by atoms with E-state index in [9.17, 15) is 4.39 Å². The number of halogens is 2. The summed E-state index contributed by atoms with van der Waals surface area (Å²) < 4.78 is 13.4. The van der Waals surface area contributed by atoms with Crippen LogP contribution in [0.3, 0.4) is 0 Å². The van der Waals surface area contributed by atoms with Gasteiger partial charge < -0.3 is 0 Å². The molecular weight excluding hydrogens is 263 g/mol. The van der Waals surface area contributed by atoms with Crippen molar-refractivity contribution >= 4 is 11.6 Å². The van der Waals surface area contributed by atoms with Gasteiger partial charge in [0.05, 0.1) is 11.6 Å². The normalized spacial score (nSPS) is 14.7. The third kappa shape index (κ3) is 2.47. The van der Waals surface area contributed by atoms with Crippen molar-refractivity contribution in [3.05, 3.63) is 47.0 Å². The molecule has 2 nitrogen and oxygen atoms in total. The fourth-order valence-corrected chi connectivity index (χ4v) is 2.40. The summed E-state index contributed by atoms with van der Waals surface area (Å²) >= 11 is 5.92. The highest BCUT2D eigenvalue weighted by molar-refractivity contribution is 6.17. The van der Waals surface area contributed by atoms with E-state index in [4.69, 9.17) is 11.6 Å². The zero-order chi connectivity index (χ0) is 13.4. The van der Waals surface area contributed by atoms with E-state index in [-0.39, 0.29) is 5.82 Å². The molecule has 19 heavy (non-hydrogen) atoms. The van der Waals surface area contributed by atoms with E-state index < -0.39 is 0 Å². The van der Waals surface area contributed by atoms with Gasteiger partial charge in [0.2, 0.25) is 0 Å². The van der Waals surface area contributed by atoms with E-state index >= 15 is 0 Å². The second-order valence-corrected chi connectivity index (χ2v) is 5.24. The average molecular weight is 277 g/mol. The third-order valence-corrected chi connectivity index (χ3v) is 3.73. The van der Waals surface area contributed by atoms with Crippen LogP contribution in [0.25, 0.3) is 11.4 Å². The van der Waals surface area contributed by atoms with Crippen molar-refractivity contribution < 1.29 is 4.39 Å². The Bertz CT molecular complexity index is 624. The van der Waals surface area contributed by atoms with Gasteiger partial charge in [-0.25, -0.2) is 14.4 Å². The molecule has 1 aliphatic carbocycles. The van der Waals surface area contributed by atoms with Crippen molar-refractivity contribution in [3.8, 4) is 11.4 Å². The Labute approximate surface area is 116 Å². The van der Waals surface area contributed by atoms with Gasteiger partial charge in [0, 0.05) is 23.2 Å². The van der Waals surface area contributed by atoms with Gasteiger partial charge in [-0.1, -0.05) is 6.07 Å². The molecule has 4 heteroatoms. The monoisotopic (exact) mass is 276 g/mol. The van der Waals surface area contributed by atoms with Crippen LogP contribution in [0.2, 0.25) is 0 Å². The maximum absolute atomic E-state index is 13.4. The SMILES string of the molecule is Cc1ccc(F)cc1-c1ncc(CCl)c(C2CC2)n1. The van der Waals surface area contributed by atoms with Crippen LogP contribution >= 0.6 is 11.6 Å². The summed E-state index contributed by atoms with van der Waals surface area (Å²) in [7, 11) is 0. The summed E-state index contributed by atoms with van der Waals surface area (Å²) in [6.45, 7) is 1.93. The molecule has 98 valence electrons. The Balaban J connectivity index is 2.10. The van der Waals surface area contributed by atoms with Gasteiger partial charge in [0.1, 0.15) is 5.82 Å². The Morgan fingerprint density at radius 2 is 2.16 bits per heavy atom. The lowest BCUT2D eigenvalue weighted by Gasteiger charge is -2.09. The van der Waals surface area contributed by atoms with Crippen LogP contribution in [0.15, 0.2) is 24.4 Å². The molecule has 0 atom stereocenters. The first-order chi connectivity index (χ1) is 9.19. The predicted molar refractivity (Wildman–Crippen MR) is 73.7 cm³/mol.